The zero-order valence-electron chi connectivity index (χ0n) is 15.1. The summed E-state index contributed by atoms with van der Waals surface area (Å²) in [7, 11) is 1.64. The number of hydrogen-bond donors (Lipinski definition) is 1. The molecule has 1 aromatic carbocycles. The minimum atomic E-state index is -0.919. The number of fused-ring (bicyclic) bond motifs is 1. The maximum atomic E-state index is 12.5. The Kier molecular flexibility index (Phi) is 5.53. The van der Waals surface area contributed by atoms with Gasteiger partial charge in [0.05, 0.1) is 22.7 Å². The fraction of sp³-hybridized carbons (Fsp3) is 0.444. The lowest BCUT2D eigenvalue weighted by Crippen LogP contribution is -2.49. The molecule has 2 aromatic rings. The SMILES string of the molecule is Cc1ccc2nc(SCC(=O)NC(C)(C#N)C(C)C)n(C)c(=O)c2c1. The molecular weight excluding hydrogens is 336 g/mol. The summed E-state index contributed by atoms with van der Waals surface area (Å²) in [4.78, 5) is 29.2. The molecule has 1 heterocycles. The molecule has 0 aliphatic heterocycles. The molecule has 2 rings (SSSR count). The summed E-state index contributed by atoms with van der Waals surface area (Å²) in [5.74, 6) is -0.194. The molecule has 6 nitrogen and oxygen atoms in total. The van der Waals surface area contributed by atoms with E-state index in [1.165, 1.54) is 16.3 Å². The Bertz CT molecular complexity index is 914. The maximum Gasteiger partial charge on any atom is 0.261 e. The second-order valence-electron chi connectivity index (χ2n) is 6.58. The van der Waals surface area contributed by atoms with Crippen LogP contribution in [0.3, 0.4) is 0 Å². The zero-order chi connectivity index (χ0) is 18.8. The molecule has 0 saturated heterocycles. The molecule has 7 heteroatoms. The summed E-state index contributed by atoms with van der Waals surface area (Å²) >= 11 is 1.18. The van der Waals surface area contributed by atoms with Crippen LogP contribution in [0.1, 0.15) is 26.3 Å². The number of carbonyl (C=O) groups excluding carboxylic acids is 1. The summed E-state index contributed by atoms with van der Waals surface area (Å²) in [6.45, 7) is 7.39. The zero-order valence-corrected chi connectivity index (χ0v) is 15.9. The molecule has 25 heavy (non-hydrogen) atoms. The van der Waals surface area contributed by atoms with Crippen molar-refractivity contribution in [2.75, 3.05) is 5.75 Å². The molecule has 0 saturated carbocycles. The third-order valence-corrected chi connectivity index (χ3v) is 5.34. The first kappa shape index (κ1) is 19.0. The summed E-state index contributed by atoms with van der Waals surface area (Å²) in [6.07, 6.45) is 0. The fourth-order valence-electron chi connectivity index (χ4n) is 2.25. The number of hydrogen-bond acceptors (Lipinski definition) is 5. The van der Waals surface area contributed by atoms with Crippen molar-refractivity contribution in [1.29, 1.82) is 5.26 Å². The second-order valence-corrected chi connectivity index (χ2v) is 7.53. The van der Waals surface area contributed by atoms with Crippen molar-refractivity contribution in [2.24, 2.45) is 13.0 Å². The van der Waals surface area contributed by atoms with Crippen molar-refractivity contribution >= 4 is 28.6 Å². The summed E-state index contributed by atoms with van der Waals surface area (Å²) in [5.41, 5.74) is 0.551. The highest BCUT2D eigenvalue weighted by atomic mass is 32.2. The van der Waals surface area contributed by atoms with Crippen molar-refractivity contribution in [1.82, 2.24) is 14.9 Å². The molecule has 1 N–H and O–H groups in total. The van der Waals surface area contributed by atoms with Gasteiger partial charge in [0, 0.05) is 7.05 Å². The van der Waals surface area contributed by atoms with Crippen LogP contribution in [0.25, 0.3) is 10.9 Å². The van der Waals surface area contributed by atoms with Crippen molar-refractivity contribution in [3.8, 4) is 6.07 Å². The Hall–Kier alpha value is -2.33. The molecule has 1 unspecified atom stereocenters. The number of aromatic nitrogens is 2. The molecule has 0 spiro atoms. The lowest BCUT2D eigenvalue weighted by Gasteiger charge is -2.27. The third kappa shape index (κ3) is 4.02. The summed E-state index contributed by atoms with van der Waals surface area (Å²) in [6, 6.07) is 7.66. The highest BCUT2D eigenvalue weighted by Crippen LogP contribution is 2.19. The van der Waals surface area contributed by atoms with E-state index in [-0.39, 0.29) is 23.1 Å². The first-order chi connectivity index (χ1) is 11.7. The molecule has 1 atom stereocenters. The fourth-order valence-corrected chi connectivity index (χ4v) is 3.02. The van der Waals surface area contributed by atoms with Crippen molar-refractivity contribution in [3.63, 3.8) is 0 Å². The van der Waals surface area contributed by atoms with Gasteiger partial charge >= 0.3 is 0 Å². The molecule has 0 aliphatic rings. The van der Waals surface area contributed by atoms with Crippen LogP contribution in [-0.4, -0.2) is 26.8 Å². The minimum Gasteiger partial charge on any atom is -0.337 e. The number of carbonyl (C=O) groups is 1. The highest BCUT2D eigenvalue weighted by molar-refractivity contribution is 7.99. The van der Waals surface area contributed by atoms with E-state index in [0.29, 0.717) is 16.1 Å². The molecule has 0 aliphatic carbocycles. The topological polar surface area (TPSA) is 87.8 Å². The first-order valence-electron chi connectivity index (χ1n) is 8.00. The van der Waals surface area contributed by atoms with Crippen LogP contribution in [0.2, 0.25) is 0 Å². The van der Waals surface area contributed by atoms with Crippen molar-refractivity contribution in [3.05, 3.63) is 34.1 Å². The Morgan fingerprint density at radius 3 is 2.76 bits per heavy atom. The summed E-state index contributed by atoms with van der Waals surface area (Å²) < 4.78 is 1.45. The average Bonchev–Trinajstić information content (AvgIpc) is 2.57. The Balaban J connectivity index is 2.20. The van der Waals surface area contributed by atoms with Gasteiger partial charge in [0.25, 0.3) is 5.56 Å². The van der Waals surface area contributed by atoms with Gasteiger partial charge < -0.3 is 5.32 Å². The first-order valence-corrected chi connectivity index (χ1v) is 8.99. The van der Waals surface area contributed by atoms with E-state index in [2.05, 4.69) is 16.4 Å². The molecule has 0 bridgehead atoms. The van der Waals surface area contributed by atoms with E-state index < -0.39 is 5.54 Å². The number of amides is 1. The number of nitrogens with one attached hydrogen (secondary N) is 1. The molecule has 0 fully saturated rings. The van der Waals surface area contributed by atoms with E-state index in [9.17, 15) is 14.9 Å². The number of rotatable bonds is 5. The molecule has 1 amide bonds. The van der Waals surface area contributed by atoms with Gasteiger partial charge in [-0.3, -0.25) is 14.2 Å². The van der Waals surface area contributed by atoms with Gasteiger partial charge in [-0.1, -0.05) is 37.2 Å². The average molecular weight is 358 g/mol. The predicted molar refractivity (Wildman–Crippen MR) is 99.4 cm³/mol. The molecule has 0 radical (unpaired) electrons. The van der Waals surface area contributed by atoms with Crippen LogP contribution in [-0.2, 0) is 11.8 Å². The smallest absolute Gasteiger partial charge is 0.261 e. The standard InChI is InChI=1S/C18H22N4O2S/c1-11(2)18(4,10-19)21-15(23)9-25-17-20-14-7-6-12(3)8-13(14)16(24)22(17)5/h6-8,11H,9H2,1-5H3,(H,21,23). The Morgan fingerprint density at radius 1 is 1.48 bits per heavy atom. The van der Waals surface area contributed by atoms with Crippen LogP contribution in [0.5, 0.6) is 0 Å². The molecular formula is C18H22N4O2S. The maximum absolute atomic E-state index is 12.5. The number of nitrogens with zero attached hydrogens (tertiary/aromatic N) is 3. The Morgan fingerprint density at radius 2 is 2.16 bits per heavy atom. The third-order valence-electron chi connectivity index (χ3n) is 4.31. The molecule has 132 valence electrons. The van der Waals surface area contributed by atoms with Crippen LogP contribution < -0.4 is 10.9 Å². The predicted octanol–water partition coefficient (Wildman–Crippen LogP) is 2.39. The van der Waals surface area contributed by atoms with Crippen LogP contribution in [0.4, 0.5) is 0 Å². The highest BCUT2D eigenvalue weighted by Gasteiger charge is 2.29. The van der Waals surface area contributed by atoms with Crippen LogP contribution >= 0.6 is 11.8 Å². The number of thioether (sulfide) groups is 1. The van der Waals surface area contributed by atoms with Gasteiger partial charge in [0.2, 0.25) is 5.91 Å². The van der Waals surface area contributed by atoms with E-state index in [1.807, 2.05) is 39.0 Å². The monoisotopic (exact) mass is 358 g/mol. The lowest BCUT2D eigenvalue weighted by molar-refractivity contribution is -0.120. The van der Waals surface area contributed by atoms with Crippen molar-refractivity contribution < 1.29 is 4.79 Å². The van der Waals surface area contributed by atoms with Crippen LogP contribution in [0.15, 0.2) is 28.2 Å². The van der Waals surface area contributed by atoms with Crippen LogP contribution in [0, 0.1) is 24.2 Å². The van der Waals surface area contributed by atoms with Crippen molar-refractivity contribution in [2.45, 2.75) is 38.4 Å². The van der Waals surface area contributed by atoms with Gasteiger partial charge in [-0.15, -0.1) is 0 Å². The second kappa shape index (κ2) is 7.28. The number of nitriles is 1. The van der Waals surface area contributed by atoms with Gasteiger partial charge in [-0.05, 0) is 31.9 Å². The van der Waals surface area contributed by atoms with E-state index in [4.69, 9.17) is 0 Å². The Labute approximate surface area is 151 Å². The quantitative estimate of drug-likeness (QED) is 0.655. The van der Waals surface area contributed by atoms with E-state index >= 15 is 0 Å². The van der Waals surface area contributed by atoms with Gasteiger partial charge in [-0.2, -0.15) is 5.26 Å². The minimum absolute atomic E-state index is 0.0159. The van der Waals surface area contributed by atoms with E-state index in [0.717, 1.165) is 5.56 Å². The lowest BCUT2D eigenvalue weighted by atomic mass is 9.90. The van der Waals surface area contributed by atoms with Gasteiger partial charge in [0.1, 0.15) is 5.54 Å². The van der Waals surface area contributed by atoms with E-state index in [1.54, 1.807) is 14.0 Å². The molecule has 1 aromatic heterocycles. The number of benzene rings is 1. The van der Waals surface area contributed by atoms with Gasteiger partial charge in [0.15, 0.2) is 5.16 Å². The largest absolute Gasteiger partial charge is 0.337 e. The van der Waals surface area contributed by atoms with Gasteiger partial charge in [-0.25, -0.2) is 4.98 Å². The normalized spacial score (nSPS) is 13.5. The number of aryl methyl sites for hydroxylation is 1. The summed E-state index contributed by atoms with van der Waals surface area (Å²) in [5, 5.41) is 13.1.